The highest BCUT2D eigenvalue weighted by atomic mass is 16.3. The average molecular weight is 306 g/mol. The van der Waals surface area contributed by atoms with Gasteiger partial charge in [0.05, 0.1) is 12.6 Å². The van der Waals surface area contributed by atoms with Crippen molar-refractivity contribution in [1.82, 2.24) is 14.4 Å². The summed E-state index contributed by atoms with van der Waals surface area (Å²) in [5, 5.41) is 10.1. The summed E-state index contributed by atoms with van der Waals surface area (Å²) in [4.78, 5) is 27.2. The van der Waals surface area contributed by atoms with Crippen LogP contribution in [0, 0.1) is 0 Å². The van der Waals surface area contributed by atoms with Crippen LogP contribution >= 0.6 is 0 Å². The maximum absolute atomic E-state index is 12.7. The van der Waals surface area contributed by atoms with Gasteiger partial charge in [-0.15, -0.1) is 0 Å². The highest BCUT2D eigenvalue weighted by Gasteiger charge is 2.30. The van der Waals surface area contributed by atoms with Gasteiger partial charge in [-0.2, -0.15) is 0 Å². The maximum Gasteiger partial charge on any atom is 0.270 e. The van der Waals surface area contributed by atoms with E-state index in [1.807, 2.05) is 22.9 Å². The Morgan fingerprint density at radius 1 is 1.27 bits per heavy atom. The fourth-order valence-electron chi connectivity index (χ4n) is 3.01. The number of β-amino-alcohol motifs (C(OH)–C–C–N with tert-alkyl or cyclic N) is 1. The van der Waals surface area contributed by atoms with Gasteiger partial charge in [0.15, 0.2) is 0 Å². The Labute approximate surface area is 129 Å². The lowest BCUT2D eigenvalue weighted by Crippen LogP contribution is -2.38. The van der Waals surface area contributed by atoms with Crippen molar-refractivity contribution in [3.05, 3.63) is 24.0 Å². The summed E-state index contributed by atoms with van der Waals surface area (Å²) in [6.07, 6.45) is 3.50. The smallest absolute Gasteiger partial charge is 0.270 e. The molecule has 2 heterocycles. The second kappa shape index (κ2) is 6.10. The van der Waals surface area contributed by atoms with E-state index in [2.05, 4.69) is 0 Å². The number of amides is 2. The van der Waals surface area contributed by atoms with E-state index in [1.54, 1.807) is 9.80 Å². The Morgan fingerprint density at radius 2 is 2.05 bits per heavy atom. The first-order chi connectivity index (χ1) is 10.5. The Balaban J connectivity index is 1.69. The van der Waals surface area contributed by atoms with E-state index in [1.165, 1.54) is 0 Å². The van der Waals surface area contributed by atoms with Gasteiger partial charge in [0, 0.05) is 38.4 Å². The summed E-state index contributed by atoms with van der Waals surface area (Å²) in [5.41, 5.74) is 5.88. The summed E-state index contributed by atoms with van der Waals surface area (Å²) in [6.45, 7) is 1.77. The zero-order chi connectivity index (χ0) is 15.7. The molecule has 2 fully saturated rings. The van der Waals surface area contributed by atoms with Gasteiger partial charge in [-0.25, -0.2) is 0 Å². The number of nitrogens with zero attached hydrogens (tertiary/aromatic N) is 3. The van der Waals surface area contributed by atoms with E-state index in [0.29, 0.717) is 31.4 Å². The molecule has 0 radical (unpaired) electrons. The molecule has 3 rings (SSSR count). The molecule has 7 nitrogen and oxygen atoms in total. The average Bonchev–Trinajstić information content (AvgIpc) is 3.21. The highest BCUT2D eigenvalue weighted by Crippen LogP contribution is 2.36. The van der Waals surface area contributed by atoms with E-state index in [0.717, 1.165) is 12.8 Å². The summed E-state index contributed by atoms with van der Waals surface area (Å²) >= 11 is 0. The highest BCUT2D eigenvalue weighted by molar-refractivity contribution is 5.93. The lowest BCUT2D eigenvalue weighted by molar-refractivity contribution is -0.119. The third-order valence-electron chi connectivity index (χ3n) is 4.19. The lowest BCUT2D eigenvalue weighted by Gasteiger charge is -2.22. The molecule has 1 aromatic heterocycles. The molecule has 22 heavy (non-hydrogen) atoms. The quantitative estimate of drug-likeness (QED) is 0.779. The molecule has 2 aliphatic rings. The normalized spacial score (nSPS) is 23.3. The first-order valence-corrected chi connectivity index (χ1v) is 7.69. The van der Waals surface area contributed by atoms with Crippen LogP contribution in [-0.2, 0) is 4.79 Å². The Hall–Kier alpha value is -1.86. The monoisotopic (exact) mass is 306 g/mol. The van der Waals surface area contributed by atoms with Crippen molar-refractivity contribution in [2.75, 3.05) is 32.7 Å². The van der Waals surface area contributed by atoms with Crippen LogP contribution in [0.5, 0.6) is 0 Å². The SMILES string of the molecule is NC(=O)CN1CCN(C(=O)c2cccn2C2CC2)C[C@H](O)C1. The topological polar surface area (TPSA) is 91.8 Å². The van der Waals surface area contributed by atoms with Gasteiger partial charge < -0.3 is 20.3 Å². The van der Waals surface area contributed by atoms with Crippen LogP contribution in [0.25, 0.3) is 0 Å². The zero-order valence-corrected chi connectivity index (χ0v) is 12.5. The lowest BCUT2D eigenvalue weighted by atomic mass is 10.3. The number of nitrogens with two attached hydrogens (primary N) is 1. The van der Waals surface area contributed by atoms with Gasteiger partial charge in [0.2, 0.25) is 5.91 Å². The molecule has 1 aliphatic carbocycles. The van der Waals surface area contributed by atoms with Gasteiger partial charge in [-0.05, 0) is 25.0 Å². The molecule has 1 saturated carbocycles. The number of aliphatic hydroxyl groups excluding tert-OH is 1. The molecule has 3 N–H and O–H groups in total. The fraction of sp³-hybridized carbons (Fsp3) is 0.600. The molecule has 1 aromatic rings. The van der Waals surface area contributed by atoms with Gasteiger partial charge >= 0.3 is 0 Å². The van der Waals surface area contributed by atoms with Crippen molar-refractivity contribution in [2.45, 2.75) is 25.0 Å². The number of rotatable bonds is 4. The Kier molecular flexibility index (Phi) is 4.17. The van der Waals surface area contributed by atoms with Crippen LogP contribution < -0.4 is 5.73 Å². The molecule has 0 aromatic carbocycles. The van der Waals surface area contributed by atoms with Crippen molar-refractivity contribution in [1.29, 1.82) is 0 Å². The molecule has 0 spiro atoms. The van der Waals surface area contributed by atoms with Crippen LogP contribution in [0.3, 0.4) is 0 Å². The molecule has 1 saturated heterocycles. The molecule has 1 atom stereocenters. The largest absolute Gasteiger partial charge is 0.390 e. The molecule has 0 bridgehead atoms. The Morgan fingerprint density at radius 3 is 2.73 bits per heavy atom. The first-order valence-electron chi connectivity index (χ1n) is 7.69. The molecular formula is C15H22N4O3. The van der Waals surface area contributed by atoms with Crippen molar-refractivity contribution in [2.24, 2.45) is 5.73 Å². The van der Waals surface area contributed by atoms with Crippen molar-refractivity contribution in [3.8, 4) is 0 Å². The summed E-state index contributed by atoms with van der Waals surface area (Å²) in [7, 11) is 0. The third-order valence-corrected chi connectivity index (χ3v) is 4.19. The van der Waals surface area contributed by atoms with Crippen molar-refractivity contribution < 1.29 is 14.7 Å². The molecule has 120 valence electrons. The summed E-state index contributed by atoms with van der Waals surface area (Å²) in [5.74, 6) is -0.480. The molecule has 2 amide bonds. The number of hydrogen-bond donors (Lipinski definition) is 2. The number of aromatic nitrogens is 1. The fourth-order valence-corrected chi connectivity index (χ4v) is 3.01. The minimum Gasteiger partial charge on any atom is -0.390 e. The molecule has 0 unspecified atom stereocenters. The predicted octanol–water partition coefficient (Wildman–Crippen LogP) is -0.573. The van der Waals surface area contributed by atoms with E-state index in [9.17, 15) is 14.7 Å². The maximum atomic E-state index is 12.7. The minimum atomic E-state index is -0.671. The second-order valence-corrected chi connectivity index (χ2v) is 6.14. The van der Waals surface area contributed by atoms with Crippen LogP contribution in [0.1, 0.15) is 29.4 Å². The van der Waals surface area contributed by atoms with Crippen LogP contribution in [0.15, 0.2) is 18.3 Å². The van der Waals surface area contributed by atoms with Crippen LogP contribution in [-0.4, -0.2) is 70.1 Å². The number of carbonyl (C=O) groups is 2. The number of aliphatic hydroxyl groups is 1. The van der Waals surface area contributed by atoms with Gasteiger partial charge in [-0.3, -0.25) is 14.5 Å². The first kappa shape index (κ1) is 15.1. The van der Waals surface area contributed by atoms with Gasteiger partial charge in [-0.1, -0.05) is 0 Å². The van der Waals surface area contributed by atoms with Crippen LogP contribution in [0.4, 0.5) is 0 Å². The van der Waals surface area contributed by atoms with Gasteiger partial charge in [0.25, 0.3) is 5.91 Å². The minimum absolute atomic E-state index is 0.0584. The van der Waals surface area contributed by atoms with Gasteiger partial charge in [0.1, 0.15) is 5.69 Å². The number of hydrogen-bond acceptors (Lipinski definition) is 4. The third kappa shape index (κ3) is 3.31. The predicted molar refractivity (Wildman–Crippen MR) is 80.2 cm³/mol. The number of carbonyl (C=O) groups excluding carboxylic acids is 2. The van der Waals surface area contributed by atoms with E-state index >= 15 is 0 Å². The standard InChI is InChI=1S/C15H22N4O3/c16-14(21)10-17-6-7-18(9-12(20)8-17)15(22)13-2-1-5-19(13)11-3-4-11/h1-2,5,11-12,20H,3-4,6-10H2,(H2,16,21)/t12-/m1/s1. The van der Waals surface area contributed by atoms with E-state index in [-0.39, 0.29) is 19.0 Å². The van der Waals surface area contributed by atoms with Crippen LogP contribution in [0.2, 0.25) is 0 Å². The Bertz CT molecular complexity index is 567. The van der Waals surface area contributed by atoms with E-state index in [4.69, 9.17) is 5.73 Å². The van der Waals surface area contributed by atoms with Crippen molar-refractivity contribution in [3.63, 3.8) is 0 Å². The zero-order valence-electron chi connectivity index (χ0n) is 12.5. The summed E-state index contributed by atoms with van der Waals surface area (Å²) in [6, 6.07) is 4.16. The molecule has 7 heteroatoms. The van der Waals surface area contributed by atoms with E-state index < -0.39 is 12.0 Å². The second-order valence-electron chi connectivity index (χ2n) is 6.14. The number of primary amides is 1. The summed E-state index contributed by atoms with van der Waals surface area (Å²) < 4.78 is 2.03. The molecular weight excluding hydrogens is 284 g/mol. The van der Waals surface area contributed by atoms with Crippen molar-refractivity contribution >= 4 is 11.8 Å². The molecule has 1 aliphatic heterocycles.